The van der Waals surface area contributed by atoms with Gasteiger partial charge in [-0.15, -0.1) is 0 Å². The average molecular weight is 267 g/mol. The molecule has 20 heavy (non-hydrogen) atoms. The zero-order valence-corrected chi connectivity index (χ0v) is 11.9. The van der Waals surface area contributed by atoms with E-state index in [4.69, 9.17) is 4.74 Å². The first-order chi connectivity index (χ1) is 9.83. The van der Waals surface area contributed by atoms with Crippen LogP contribution in [-0.2, 0) is 12.8 Å². The summed E-state index contributed by atoms with van der Waals surface area (Å²) in [6, 6.07) is 17.5. The van der Waals surface area contributed by atoms with E-state index in [-0.39, 0.29) is 0 Å². The summed E-state index contributed by atoms with van der Waals surface area (Å²) in [6.07, 6.45) is 2.02. The van der Waals surface area contributed by atoms with Crippen molar-refractivity contribution in [3.8, 4) is 5.75 Å². The van der Waals surface area contributed by atoms with Crippen LogP contribution in [0.5, 0.6) is 5.75 Å². The summed E-state index contributed by atoms with van der Waals surface area (Å²) in [5.41, 5.74) is 4.11. The molecule has 2 aromatic rings. The minimum atomic E-state index is 0.369. The summed E-state index contributed by atoms with van der Waals surface area (Å²) in [4.78, 5) is 0. The Morgan fingerprint density at radius 2 is 1.65 bits per heavy atom. The lowest BCUT2D eigenvalue weighted by atomic mass is 9.97. The van der Waals surface area contributed by atoms with Crippen molar-refractivity contribution in [3.05, 3.63) is 65.2 Å². The Bertz CT molecular complexity index is 579. The van der Waals surface area contributed by atoms with Crippen molar-refractivity contribution in [2.45, 2.75) is 25.8 Å². The summed E-state index contributed by atoms with van der Waals surface area (Å²) >= 11 is 0. The number of benzene rings is 2. The van der Waals surface area contributed by atoms with Crippen molar-refractivity contribution in [2.24, 2.45) is 0 Å². The van der Waals surface area contributed by atoms with Crippen LogP contribution in [0.3, 0.4) is 0 Å². The first-order valence-electron chi connectivity index (χ1n) is 7.34. The lowest BCUT2D eigenvalue weighted by molar-refractivity contribution is 0.272. The topological polar surface area (TPSA) is 21.3 Å². The highest BCUT2D eigenvalue weighted by Crippen LogP contribution is 2.24. The molecule has 2 nitrogen and oxygen atoms in total. The maximum absolute atomic E-state index is 5.98. The molecule has 0 saturated heterocycles. The summed E-state index contributed by atoms with van der Waals surface area (Å²) < 4.78 is 5.98. The first-order valence-corrected chi connectivity index (χ1v) is 7.34. The molecule has 1 N–H and O–H groups in total. The Balaban J connectivity index is 1.97. The molecule has 1 atom stereocenters. The van der Waals surface area contributed by atoms with Crippen LogP contribution in [0.15, 0.2) is 48.5 Å². The molecule has 0 saturated carbocycles. The minimum absolute atomic E-state index is 0.369. The molecule has 1 unspecified atom stereocenters. The van der Waals surface area contributed by atoms with Crippen LogP contribution in [-0.4, -0.2) is 19.2 Å². The molecular formula is C18H21NO. The van der Waals surface area contributed by atoms with Crippen LogP contribution >= 0.6 is 0 Å². The van der Waals surface area contributed by atoms with Gasteiger partial charge >= 0.3 is 0 Å². The van der Waals surface area contributed by atoms with Crippen molar-refractivity contribution in [2.75, 3.05) is 13.2 Å². The van der Waals surface area contributed by atoms with Gasteiger partial charge in [0.25, 0.3) is 0 Å². The second-order valence-corrected chi connectivity index (χ2v) is 5.47. The molecule has 2 heteroatoms. The van der Waals surface area contributed by atoms with E-state index in [1.165, 1.54) is 16.7 Å². The van der Waals surface area contributed by atoms with E-state index in [1.54, 1.807) is 0 Å². The van der Waals surface area contributed by atoms with Crippen LogP contribution in [0.25, 0.3) is 0 Å². The van der Waals surface area contributed by atoms with Gasteiger partial charge in [-0.1, -0.05) is 42.5 Å². The SMILES string of the molecule is CC1COc2ccccc2Cc2ccccc2CCN1. The molecule has 0 radical (unpaired) electrons. The first kappa shape index (κ1) is 13.2. The number of rotatable bonds is 0. The van der Waals surface area contributed by atoms with Crippen LogP contribution < -0.4 is 10.1 Å². The maximum atomic E-state index is 5.98. The predicted octanol–water partition coefficient (Wildman–Crippen LogP) is 3.19. The molecule has 0 spiro atoms. The van der Waals surface area contributed by atoms with Gasteiger partial charge in [0.1, 0.15) is 12.4 Å². The lowest BCUT2D eigenvalue weighted by Gasteiger charge is -2.15. The Hall–Kier alpha value is -1.80. The van der Waals surface area contributed by atoms with Crippen LogP contribution in [0.1, 0.15) is 23.6 Å². The minimum Gasteiger partial charge on any atom is -0.492 e. The molecule has 0 amide bonds. The predicted molar refractivity (Wildman–Crippen MR) is 82.4 cm³/mol. The van der Waals surface area contributed by atoms with Crippen molar-refractivity contribution in [1.29, 1.82) is 0 Å². The molecule has 3 rings (SSSR count). The summed E-state index contributed by atoms with van der Waals surface area (Å²) in [5, 5.41) is 3.53. The molecule has 1 aliphatic rings. The summed E-state index contributed by atoms with van der Waals surface area (Å²) in [7, 11) is 0. The largest absolute Gasteiger partial charge is 0.492 e. The molecular weight excluding hydrogens is 246 g/mol. The fraction of sp³-hybridized carbons (Fsp3) is 0.333. The Kier molecular flexibility index (Phi) is 4.03. The number of nitrogens with one attached hydrogen (secondary N) is 1. The second-order valence-electron chi connectivity index (χ2n) is 5.47. The number of para-hydroxylation sites is 1. The van der Waals surface area contributed by atoms with Gasteiger partial charge in [0.15, 0.2) is 0 Å². The molecule has 2 aromatic carbocycles. The van der Waals surface area contributed by atoms with E-state index < -0.39 is 0 Å². The van der Waals surface area contributed by atoms with Crippen molar-refractivity contribution in [1.82, 2.24) is 5.32 Å². The van der Waals surface area contributed by atoms with Gasteiger partial charge in [0.2, 0.25) is 0 Å². The highest BCUT2D eigenvalue weighted by atomic mass is 16.5. The normalized spacial score (nSPS) is 19.1. The molecule has 0 aliphatic carbocycles. The van der Waals surface area contributed by atoms with Gasteiger partial charge in [0, 0.05) is 12.5 Å². The zero-order valence-electron chi connectivity index (χ0n) is 11.9. The van der Waals surface area contributed by atoms with Gasteiger partial charge in [-0.05, 0) is 42.6 Å². The number of hydrogen-bond acceptors (Lipinski definition) is 2. The smallest absolute Gasteiger partial charge is 0.122 e. The molecule has 104 valence electrons. The average Bonchev–Trinajstić information content (AvgIpc) is 2.50. The van der Waals surface area contributed by atoms with Gasteiger partial charge in [-0.2, -0.15) is 0 Å². The monoisotopic (exact) mass is 267 g/mol. The van der Waals surface area contributed by atoms with E-state index in [0.29, 0.717) is 12.6 Å². The highest BCUT2D eigenvalue weighted by molar-refractivity contribution is 5.40. The van der Waals surface area contributed by atoms with Gasteiger partial charge in [-0.3, -0.25) is 0 Å². The maximum Gasteiger partial charge on any atom is 0.122 e. The van der Waals surface area contributed by atoms with E-state index in [2.05, 4.69) is 54.7 Å². The highest BCUT2D eigenvalue weighted by Gasteiger charge is 2.11. The van der Waals surface area contributed by atoms with Crippen molar-refractivity contribution < 1.29 is 4.74 Å². The summed E-state index contributed by atoms with van der Waals surface area (Å²) in [6.45, 7) is 3.89. The fourth-order valence-corrected chi connectivity index (χ4v) is 2.70. The van der Waals surface area contributed by atoms with E-state index in [1.807, 2.05) is 6.07 Å². The van der Waals surface area contributed by atoms with E-state index in [9.17, 15) is 0 Å². The van der Waals surface area contributed by atoms with Crippen LogP contribution in [0.2, 0.25) is 0 Å². The van der Waals surface area contributed by atoms with E-state index in [0.717, 1.165) is 25.1 Å². The summed E-state index contributed by atoms with van der Waals surface area (Å²) in [5.74, 6) is 1.01. The Morgan fingerprint density at radius 1 is 0.950 bits per heavy atom. The third-order valence-corrected chi connectivity index (χ3v) is 3.85. The lowest BCUT2D eigenvalue weighted by Crippen LogP contribution is -2.33. The Morgan fingerprint density at radius 3 is 2.50 bits per heavy atom. The third-order valence-electron chi connectivity index (χ3n) is 3.85. The second kappa shape index (κ2) is 6.10. The third kappa shape index (κ3) is 3.02. The van der Waals surface area contributed by atoms with Gasteiger partial charge in [-0.25, -0.2) is 0 Å². The van der Waals surface area contributed by atoms with Gasteiger partial charge in [0.05, 0.1) is 0 Å². The van der Waals surface area contributed by atoms with E-state index >= 15 is 0 Å². The number of fused-ring (bicyclic) bond motifs is 2. The Labute approximate surface area is 120 Å². The quantitative estimate of drug-likeness (QED) is 0.791. The molecule has 1 heterocycles. The van der Waals surface area contributed by atoms with Gasteiger partial charge < -0.3 is 10.1 Å². The molecule has 1 aliphatic heterocycles. The molecule has 0 aromatic heterocycles. The number of hydrogen-bond donors (Lipinski definition) is 1. The fourth-order valence-electron chi connectivity index (χ4n) is 2.70. The zero-order chi connectivity index (χ0) is 13.8. The standard InChI is InChI=1S/C18H21NO/c1-14-13-20-18-9-5-4-8-17(18)12-16-7-3-2-6-15(16)10-11-19-14/h2-9,14,19H,10-13H2,1H3. The number of ether oxygens (including phenoxy) is 1. The van der Waals surface area contributed by atoms with Crippen LogP contribution in [0, 0.1) is 0 Å². The van der Waals surface area contributed by atoms with Crippen LogP contribution in [0.4, 0.5) is 0 Å². The molecule has 0 fully saturated rings. The van der Waals surface area contributed by atoms with Crippen molar-refractivity contribution in [3.63, 3.8) is 0 Å². The van der Waals surface area contributed by atoms with Crippen molar-refractivity contribution >= 4 is 0 Å². The molecule has 0 bridgehead atoms.